The van der Waals surface area contributed by atoms with Crippen molar-refractivity contribution in [2.45, 2.75) is 20.8 Å². The molecule has 29 heavy (non-hydrogen) atoms. The largest absolute Gasteiger partial charge is 0.295 e. The first kappa shape index (κ1) is 18.6. The fourth-order valence-corrected chi connectivity index (χ4v) is 3.19. The van der Waals surface area contributed by atoms with Crippen LogP contribution in [-0.4, -0.2) is 21.4 Å². The Labute approximate surface area is 166 Å². The number of anilines is 1. The highest BCUT2D eigenvalue weighted by Gasteiger charge is 2.29. The second-order valence-electron chi connectivity index (χ2n) is 6.96. The highest BCUT2D eigenvalue weighted by Crippen LogP contribution is 2.25. The molecule has 2 aromatic carbocycles. The van der Waals surface area contributed by atoms with E-state index in [0.717, 1.165) is 5.56 Å². The number of halogens is 1. The van der Waals surface area contributed by atoms with Gasteiger partial charge in [-0.3, -0.25) is 14.7 Å². The van der Waals surface area contributed by atoms with Gasteiger partial charge in [0, 0.05) is 5.69 Å². The van der Waals surface area contributed by atoms with Gasteiger partial charge in [-0.15, -0.1) is 0 Å². The monoisotopic (exact) mass is 390 g/mol. The highest BCUT2D eigenvalue weighted by atomic mass is 19.1. The third-order valence-electron chi connectivity index (χ3n) is 4.83. The average molecular weight is 390 g/mol. The predicted octanol–water partition coefficient (Wildman–Crippen LogP) is 3.73. The molecule has 0 atom stereocenters. The van der Waals surface area contributed by atoms with Crippen LogP contribution >= 0.6 is 0 Å². The Hall–Kier alpha value is -3.74. The van der Waals surface area contributed by atoms with E-state index < -0.39 is 5.82 Å². The van der Waals surface area contributed by atoms with Gasteiger partial charge in [0.15, 0.2) is 0 Å². The van der Waals surface area contributed by atoms with Crippen molar-refractivity contribution in [3.63, 3.8) is 0 Å². The van der Waals surface area contributed by atoms with Gasteiger partial charge >= 0.3 is 0 Å². The molecule has 0 saturated carbocycles. The van der Waals surface area contributed by atoms with Crippen molar-refractivity contribution in [1.82, 2.24) is 9.78 Å². The van der Waals surface area contributed by atoms with Crippen LogP contribution in [0.5, 0.6) is 0 Å². The minimum atomic E-state index is -0.392. The van der Waals surface area contributed by atoms with Crippen LogP contribution < -0.4 is 10.6 Å². The van der Waals surface area contributed by atoms with Crippen LogP contribution in [0.15, 0.2) is 64.0 Å². The van der Waals surface area contributed by atoms with E-state index >= 15 is 0 Å². The van der Waals surface area contributed by atoms with E-state index in [2.05, 4.69) is 10.2 Å². The van der Waals surface area contributed by atoms with Gasteiger partial charge in [-0.2, -0.15) is 10.1 Å². The van der Waals surface area contributed by atoms with Gasteiger partial charge in [-0.05, 0) is 63.2 Å². The molecule has 1 amide bonds. The molecule has 146 valence electrons. The van der Waals surface area contributed by atoms with Crippen LogP contribution in [-0.2, 0) is 4.79 Å². The van der Waals surface area contributed by atoms with Crippen LogP contribution in [0, 0.1) is 19.7 Å². The second-order valence-corrected chi connectivity index (χ2v) is 6.96. The number of carbonyl (C=O) groups excluding carboxylic acids is 1. The van der Waals surface area contributed by atoms with Crippen LogP contribution in [0.2, 0.25) is 0 Å². The quantitative estimate of drug-likeness (QED) is 0.693. The Morgan fingerprint density at radius 2 is 1.55 bits per heavy atom. The number of hydrogen-bond acceptors (Lipinski definition) is 3. The average Bonchev–Trinajstić information content (AvgIpc) is 3.14. The third kappa shape index (κ3) is 3.31. The van der Waals surface area contributed by atoms with Crippen molar-refractivity contribution in [3.8, 4) is 5.69 Å². The van der Waals surface area contributed by atoms with Gasteiger partial charge in [-0.1, -0.05) is 17.7 Å². The lowest BCUT2D eigenvalue weighted by atomic mass is 10.1. The number of aromatic amines is 1. The van der Waals surface area contributed by atoms with Crippen molar-refractivity contribution in [2.24, 2.45) is 5.10 Å². The lowest BCUT2D eigenvalue weighted by molar-refractivity contribution is -0.114. The van der Waals surface area contributed by atoms with Crippen LogP contribution in [0.3, 0.4) is 0 Å². The molecular formula is C22H19FN4O2. The zero-order chi connectivity index (χ0) is 20.7. The summed E-state index contributed by atoms with van der Waals surface area (Å²) in [5.41, 5.74) is 3.86. The van der Waals surface area contributed by atoms with E-state index in [-0.39, 0.29) is 11.5 Å². The molecule has 0 saturated heterocycles. The van der Waals surface area contributed by atoms with Crippen LogP contribution in [0.25, 0.3) is 11.8 Å². The molecule has 0 aliphatic carbocycles. The molecule has 4 rings (SSSR count). The molecule has 7 heteroatoms. The van der Waals surface area contributed by atoms with Gasteiger partial charge < -0.3 is 0 Å². The summed E-state index contributed by atoms with van der Waals surface area (Å²) in [6.45, 7) is 5.46. The number of nitrogens with zero attached hydrogens (tertiary/aromatic N) is 3. The van der Waals surface area contributed by atoms with Crippen molar-refractivity contribution < 1.29 is 9.18 Å². The highest BCUT2D eigenvalue weighted by molar-refractivity contribution is 6.32. The first-order valence-electron chi connectivity index (χ1n) is 9.11. The van der Waals surface area contributed by atoms with E-state index in [1.54, 1.807) is 19.9 Å². The van der Waals surface area contributed by atoms with Gasteiger partial charge in [0.05, 0.1) is 28.2 Å². The number of rotatable bonds is 3. The Morgan fingerprint density at radius 3 is 2.21 bits per heavy atom. The number of amides is 1. The fourth-order valence-electron chi connectivity index (χ4n) is 3.19. The van der Waals surface area contributed by atoms with Crippen LogP contribution in [0.1, 0.15) is 23.7 Å². The number of aryl methyl sites for hydroxylation is 2. The van der Waals surface area contributed by atoms with Gasteiger partial charge in [0.1, 0.15) is 5.82 Å². The molecule has 0 unspecified atom stereocenters. The van der Waals surface area contributed by atoms with Crippen molar-refractivity contribution in [2.75, 3.05) is 5.01 Å². The van der Waals surface area contributed by atoms with E-state index in [0.29, 0.717) is 33.9 Å². The molecule has 6 nitrogen and oxygen atoms in total. The Balaban J connectivity index is 1.72. The van der Waals surface area contributed by atoms with Crippen molar-refractivity contribution in [3.05, 3.63) is 87.1 Å². The topological polar surface area (TPSA) is 70.5 Å². The summed E-state index contributed by atoms with van der Waals surface area (Å²) in [5.74, 6) is -0.757. The molecule has 2 heterocycles. The van der Waals surface area contributed by atoms with Gasteiger partial charge in [0.2, 0.25) is 0 Å². The summed E-state index contributed by atoms with van der Waals surface area (Å²) in [6, 6.07) is 13.1. The van der Waals surface area contributed by atoms with E-state index in [1.807, 2.05) is 31.2 Å². The van der Waals surface area contributed by atoms with E-state index in [1.165, 1.54) is 34.0 Å². The first-order valence-corrected chi connectivity index (χ1v) is 9.11. The zero-order valence-electron chi connectivity index (χ0n) is 16.2. The summed E-state index contributed by atoms with van der Waals surface area (Å²) in [7, 11) is 0. The number of H-pyrrole nitrogens is 1. The standard InChI is InChI=1S/C22H19FN4O2/c1-13-4-8-17(9-5-13)26-21(28)19(14(2)24-26)12-20-15(3)25-27(22(20)29)18-10-6-16(23)7-11-18/h4-12,24H,1-3H3. The number of hydrazone groups is 1. The number of carbonyl (C=O) groups is 1. The summed E-state index contributed by atoms with van der Waals surface area (Å²) in [5, 5.41) is 8.54. The van der Waals surface area contributed by atoms with E-state index in [4.69, 9.17) is 0 Å². The number of nitrogens with one attached hydrogen (secondary N) is 1. The molecule has 0 radical (unpaired) electrons. The SMILES string of the molecule is CC1=NN(c2ccc(F)cc2)C(=O)C1=Cc1c(C)[nH]n(-c2ccc(C)cc2)c1=O. The molecule has 3 aromatic rings. The summed E-state index contributed by atoms with van der Waals surface area (Å²) >= 11 is 0. The number of aromatic nitrogens is 2. The van der Waals surface area contributed by atoms with E-state index in [9.17, 15) is 14.0 Å². The Kier molecular flexibility index (Phi) is 4.50. The van der Waals surface area contributed by atoms with Gasteiger partial charge in [0.25, 0.3) is 11.5 Å². The van der Waals surface area contributed by atoms with Crippen LogP contribution in [0.4, 0.5) is 10.1 Å². The third-order valence-corrected chi connectivity index (χ3v) is 4.83. The maximum atomic E-state index is 13.2. The molecule has 1 N–H and O–H groups in total. The minimum absolute atomic E-state index is 0.250. The molecule has 1 aliphatic heterocycles. The zero-order valence-corrected chi connectivity index (χ0v) is 16.2. The van der Waals surface area contributed by atoms with Gasteiger partial charge in [-0.25, -0.2) is 9.07 Å². The maximum Gasteiger partial charge on any atom is 0.280 e. The lowest BCUT2D eigenvalue weighted by Gasteiger charge is -2.11. The number of benzene rings is 2. The minimum Gasteiger partial charge on any atom is -0.295 e. The van der Waals surface area contributed by atoms with Crippen molar-refractivity contribution in [1.29, 1.82) is 0 Å². The molecular weight excluding hydrogens is 371 g/mol. The second kappa shape index (κ2) is 7.01. The summed E-state index contributed by atoms with van der Waals surface area (Å²) < 4.78 is 14.6. The molecule has 0 spiro atoms. The molecule has 1 aromatic heterocycles. The molecule has 1 aliphatic rings. The summed E-state index contributed by atoms with van der Waals surface area (Å²) in [4.78, 5) is 25.8. The fraction of sp³-hybridized carbons (Fsp3) is 0.136. The van der Waals surface area contributed by atoms with Crippen molar-refractivity contribution >= 4 is 23.4 Å². The molecule has 0 bridgehead atoms. The first-order chi connectivity index (χ1) is 13.8. The lowest BCUT2D eigenvalue weighted by Crippen LogP contribution is -2.22. The Morgan fingerprint density at radius 1 is 0.931 bits per heavy atom. The maximum absolute atomic E-state index is 13.2. The normalized spacial score (nSPS) is 15.3. The summed E-state index contributed by atoms with van der Waals surface area (Å²) in [6.07, 6.45) is 1.56. The Bertz CT molecular complexity index is 1220. The smallest absolute Gasteiger partial charge is 0.280 e. The molecule has 0 fully saturated rings. The predicted molar refractivity (Wildman–Crippen MR) is 111 cm³/mol. The number of hydrogen-bond donors (Lipinski definition) is 1.